The minimum Gasteiger partial charge on any atom is -0.380 e. The van der Waals surface area contributed by atoms with Crippen molar-refractivity contribution in [2.75, 3.05) is 28.8 Å². The minimum absolute atomic E-state index is 0.0449. The van der Waals surface area contributed by atoms with E-state index in [4.69, 9.17) is 9.92 Å². The molecule has 34 heavy (non-hydrogen) atoms. The molecular weight excluding hydrogens is 460 g/mol. The van der Waals surface area contributed by atoms with E-state index >= 15 is 0 Å². The van der Waals surface area contributed by atoms with Crippen molar-refractivity contribution in [3.63, 3.8) is 0 Å². The van der Waals surface area contributed by atoms with Crippen LogP contribution in [0.5, 0.6) is 5.75 Å². The van der Waals surface area contributed by atoms with Gasteiger partial charge in [-0.05, 0) is 30.2 Å². The summed E-state index contributed by atoms with van der Waals surface area (Å²) in [6, 6.07) is 14.2. The second kappa shape index (κ2) is 10.6. The van der Waals surface area contributed by atoms with Crippen LogP contribution in [-0.2, 0) is 21.3 Å². The molecule has 0 saturated heterocycles. The van der Waals surface area contributed by atoms with Crippen molar-refractivity contribution in [3.05, 3.63) is 65.9 Å². The third-order valence-electron chi connectivity index (χ3n) is 4.39. The summed E-state index contributed by atoms with van der Waals surface area (Å²) < 4.78 is 27.9. The van der Waals surface area contributed by atoms with Gasteiger partial charge in [0.15, 0.2) is 5.75 Å². The van der Waals surface area contributed by atoms with Crippen molar-refractivity contribution in [1.29, 1.82) is 0 Å². The number of hydrogen-bond donors (Lipinski definition) is 4. The van der Waals surface area contributed by atoms with E-state index in [1.807, 2.05) is 30.3 Å². The van der Waals surface area contributed by atoms with E-state index in [1.54, 1.807) is 0 Å². The van der Waals surface area contributed by atoms with Gasteiger partial charge in [0.25, 0.3) is 5.91 Å². The Morgan fingerprint density at radius 1 is 1.12 bits per heavy atom. The molecule has 0 unspecified atom stereocenters. The number of nitrogens with two attached hydrogens (primary N) is 1. The maximum atomic E-state index is 11.8. The molecule has 2 amide bonds. The maximum absolute atomic E-state index is 11.8. The van der Waals surface area contributed by atoms with Gasteiger partial charge in [0.1, 0.15) is 5.82 Å². The van der Waals surface area contributed by atoms with Crippen LogP contribution >= 0.6 is 0 Å². The molecule has 3 rings (SSSR count). The molecule has 2 aromatic carbocycles. The Morgan fingerprint density at radius 3 is 2.50 bits per heavy atom. The molecule has 1 aromatic heterocycles. The molecule has 3 aromatic rings. The smallest absolute Gasteiger partial charge is 0.306 e. The Morgan fingerprint density at radius 2 is 1.85 bits per heavy atom. The topological polar surface area (TPSA) is 165 Å². The number of amides is 2. The Bertz CT molecular complexity index is 1300. The number of benzene rings is 2. The van der Waals surface area contributed by atoms with E-state index in [0.717, 1.165) is 11.8 Å². The van der Waals surface area contributed by atoms with E-state index in [1.165, 1.54) is 31.3 Å². The molecule has 1 heterocycles. The summed E-state index contributed by atoms with van der Waals surface area (Å²) in [5.74, 6) is -0.722. The lowest BCUT2D eigenvalue weighted by Gasteiger charge is -2.14. The van der Waals surface area contributed by atoms with E-state index in [0.29, 0.717) is 18.7 Å². The number of primary amides is 1. The van der Waals surface area contributed by atoms with Crippen molar-refractivity contribution in [2.45, 2.75) is 13.3 Å². The average molecular weight is 485 g/mol. The van der Waals surface area contributed by atoms with E-state index in [-0.39, 0.29) is 28.8 Å². The average Bonchev–Trinajstić information content (AvgIpc) is 2.75. The van der Waals surface area contributed by atoms with Gasteiger partial charge in [-0.1, -0.05) is 30.3 Å². The largest absolute Gasteiger partial charge is 0.380 e. The fourth-order valence-electron chi connectivity index (χ4n) is 2.99. The highest BCUT2D eigenvalue weighted by Crippen LogP contribution is 2.30. The number of nitrogens with one attached hydrogen (secondary N) is 3. The highest BCUT2D eigenvalue weighted by atomic mass is 32.2. The van der Waals surface area contributed by atoms with Crippen molar-refractivity contribution < 1.29 is 22.2 Å². The van der Waals surface area contributed by atoms with Crippen LogP contribution in [0, 0.1) is 0 Å². The maximum Gasteiger partial charge on any atom is 0.306 e. The lowest BCUT2D eigenvalue weighted by Crippen LogP contribution is -2.18. The molecular formula is C22H24N6O5S. The summed E-state index contributed by atoms with van der Waals surface area (Å²) in [6.45, 7) is 1.79. The SMILES string of the molecule is CC(=O)Nc1cc(Nc2ncc(C(N)=O)c(NCCc3ccccc3)n2)ccc1OS(C)(=O)=O. The first-order valence-corrected chi connectivity index (χ1v) is 11.9. The van der Waals surface area contributed by atoms with Gasteiger partial charge < -0.3 is 25.9 Å². The molecule has 11 nitrogen and oxygen atoms in total. The normalized spacial score (nSPS) is 10.9. The molecule has 178 valence electrons. The second-order valence-electron chi connectivity index (χ2n) is 7.29. The van der Waals surface area contributed by atoms with Gasteiger partial charge in [-0.2, -0.15) is 13.4 Å². The third kappa shape index (κ3) is 7.17. The predicted octanol–water partition coefficient (Wildman–Crippen LogP) is 2.27. The number of nitrogens with zero attached hydrogens (tertiary/aromatic N) is 2. The van der Waals surface area contributed by atoms with Gasteiger partial charge in [-0.25, -0.2) is 4.98 Å². The first-order chi connectivity index (χ1) is 16.1. The number of carbonyl (C=O) groups excluding carboxylic acids is 2. The molecule has 0 aliphatic rings. The number of rotatable bonds is 10. The standard InChI is InChI=1S/C22H24N6O5S/c1-14(29)26-18-12-16(8-9-19(18)33-34(2,31)32)27-22-25-13-17(20(23)30)21(28-22)24-11-10-15-6-4-3-5-7-15/h3-9,12-13H,10-11H2,1-2H3,(H2,23,30)(H,26,29)(H2,24,25,27,28). The fourth-order valence-corrected chi connectivity index (χ4v) is 3.46. The van der Waals surface area contributed by atoms with Crippen molar-refractivity contribution in [2.24, 2.45) is 5.73 Å². The second-order valence-corrected chi connectivity index (χ2v) is 8.86. The summed E-state index contributed by atoms with van der Waals surface area (Å²) in [6.07, 6.45) is 2.91. The van der Waals surface area contributed by atoms with Crippen LogP contribution in [-0.4, -0.2) is 43.0 Å². The van der Waals surface area contributed by atoms with Crippen molar-refractivity contribution in [3.8, 4) is 5.75 Å². The van der Waals surface area contributed by atoms with Crippen molar-refractivity contribution >= 4 is 45.1 Å². The van der Waals surface area contributed by atoms with Crippen LogP contribution in [0.15, 0.2) is 54.7 Å². The molecule has 0 spiro atoms. The van der Waals surface area contributed by atoms with E-state index in [2.05, 4.69) is 25.9 Å². The van der Waals surface area contributed by atoms with Crippen molar-refractivity contribution in [1.82, 2.24) is 9.97 Å². The van der Waals surface area contributed by atoms with Gasteiger partial charge in [0.2, 0.25) is 11.9 Å². The van der Waals surface area contributed by atoms with Gasteiger partial charge in [0, 0.05) is 25.4 Å². The van der Waals surface area contributed by atoms with Gasteiger partial charge in [-0.3, -0.25) is 9.59 Å². The summed E-state index contributed by atoms with van der Waals surface area (Å²) in [5, 5.41) is 8.58. The number of hydrogen-bond acceptors (Lipinski definition) is 9. The zero-order chi connectivity index (χ0) is 24.7. The third-order valence-corrected chi connectivity index (χ3v) is 4.87. The highest BCUT2D eigenvalue weighted by molar-refractivity contribution is 7.86. The Kier molecular flexibility index (Phi) is 7.64. The Labute approximate surface area is 196 Å². The molecule has 0 aliphatic carbocycles. The first kappa shape index (κ1) is 24.5. The van der Waals surface area contributed by atoms with Gasteiger partial charge in [-0.15, -0.1) is 0 Å². The molecule has 12 heteroatoms. The lowest BCUT2D eigenvalue weighted by molar-refractivity contribution is -0.114. The highest BCUT2D eigenvalue weighted by Gasteiger charge is 2.15. The summed E-state index contributed by atoms with van der Waals surface area (Å²) in [4.78, 5) is 31.8. The first-order valence-electron chi connectivity index (χ1n) is 10.1. The molecule has 0 radical (unpaired) electrons. The predicted molar refractivity (Wildman–Crippen MR) is 129 cm³/mol. The molecule has 0 fully saturated rings. The fraction of sp³-hybridized carbons (Fsp3) is 0.182. The van der Waals surface area contributed by atoms with Crippen LogP contribution in [0.2, 0.25) is 0 Å². The van der Waals surface area contributed by atoms with Crippen LogP contribution in [0.4, 0.5) is 23.1 Å². The van der Waals surface area contributed by atoms with Gasteiger partial charge >= 0.3 is 10.1 Å². The molecule has 0 atom stereocenters. The monoisotopic (exact) mass is 484 g/mol. The van der Waals surface area contributed by atoms with Crippen LogP contribution in [0.25, 0.3) is 0 Å². The summed E-state index contributed by atoms with van der Waals surface area (Å²) in [5.41, 5.74) is 7.27. The summed E-state index contributed by atoms with van der Waals surface area (Å²) in [7, 11) is -3.80. The molecule has 0 bridgehead atoms. The molecule has 0 aliphatic heterocycles. The summed E-state index contributed by atoms with van der Waals surface area (Å²) >= 11 is 0. The van der Waals surface area contributed by atoms with Crippen LogP contribution in [0.3, 0.4) is 0 Å². The lowest BCUT2D eigenvalue weighted by atomic mass is 10.1. The zero-order valence-corrected chi connectivity index (χ0v) is 19.3. The minimum atomic E-state index is -3.80. The molecule has 5 N–H and O–H groups in total. The van der Waals surface area contributed by atoms with E-state index in [9.17, 15) is 18.0 Å². The Balaban J connectivity index is 1.81. The molecule has 0 saturated carbocycles. The van der Waals surface area contributed by atoms with Gasteiger partial charge in [0.05, 0.1) is 17.5 Å². The number of aromatic nitrogens is 2. The van der Waals surface area contributed by atoms with E-state index < -0.39 is 21.9 Å². The quantitative estimate of drug-likeness (QED) is 0.316. The van der Waals surface area contributed by atoms with Crippen LogP contribution in [0.1, 0.15) is 22.8 Å². The number of carbonyl (C=O) groups is 2. The van der Waals surface area contributed by atoms with Crippen LogP contribution < -0.4 is 25.9 Å². The number of anilines is 4. The Hall–Kier alpha value is -4.19. The zero-order valence-electron chi connectivity index (χ0n) is 18.5.